The number of rotatable bonds is 0. The summed E-state index contributed by atoms with van der Waals surface area (Å²) in [6, 6.07) is -0.222. The number of halogens is 2. The smallest absolute Gasteiger partial charge is 0.407 e. The third-order valence-electron chi connectivity index (χ3n) is 3.03. The second-order valence-corrected chi connectivity index (χ2v) is 3.87. The average molecular weight is 206 g/mol. The molecule has 4 nitrogen and oxygen atoms in total. The zero-order valence-corrected chi connectivity index (χ0v) is 7.54. The van der Waals surface area contributed by atoms with Crippen molar-refractivity contribution >= 4 is 6.09 Å². The van der Waals surface area contributed by atoms with Gasteiger partial charge in [-0.2, -0.15) is 0 Å². The van der Waals surface area contributed by atoms with E-state index in [0.717, 1.165) is 4.90 Å². The Morgan fingerprint density at radius 1 is 1.57 bits per heavy atom. The van der Waals surface area contributed by atoms with E-state index in [1.54, 1.807) is 0 Å². The van der Waals surface area contributed by atoms with Gasteiger partial charge in [-0.3, -0.25) is 0 Å². The highest BCUT2D eigenvalue weighted by Crippen LogP contribution is 2.36. The number of hydrogen-bond acceptors (Lipinski definition) is 2. The monoisotopic (exact) mass is 206 g/mol. The summed E-state index contributed by atoms with van der Waals surface area (Å²) in [6.45, 7) is -0.0324. The van der Waals surface area contributed by atoms with Gasteiger partial charge in [-0.25, -0.2) is 13.6 Å². The van der Waals surface area contributed by atoms with E-state index in [1.165, 1.54) is 0 Å². The van der Waals surface area contributed by atoms with Gasteiger partial charge in [0.15, 0.2) is 0 Å². The molecule has 0 aromatic heterocycles. The van der Waals surface area contributed by atoms with Crippen LogP contribution in [0.1, 0.15) is 6.42 Å². The van der Waals surface area contributed by atoms with Crippen LogP contribution in [0, 0.1) is 5.92 Å². The fourth-order valence-electron chi connectivity index (χ4n) is 2.20. The van der Waals surface area contributed by atoms with Gasteiger partial charge >= 0.3 is 6.09 Å². The lowest BCUT2D eigenvalue weighted by atomic mass is 9.91. The number of carbonyl (C=O) groups is 1. The lowest BCUT2D eigenvalue weighted by Gasteiger charge is -2.34. The summed E-state index contributed by atoms with van der Waals surface area (Å²) < 4.78 is 26.5. The summed E-state index contributed by atoms with van der Waals surface area (Å²) in [7, 11) is 0. The van der Waals surface area contributed by atoms with Crippen LogP contribution in [0.5, 0.6) is 0 Å². The molecule has 0 aromatic rings. The van der Waals surface area contributed by atoms with Crippen LogP contribution in [0.25, 0.3) is 0 Å². The summed E-state index contributed by atoms with van der Waals surface area (Å²) in [6.07, 6.45) is -0.627. The maximum absolute atomic E-state index is 13.2. The standard InChI is InChI=1S/C8H12F2N2O2/c9-8(10)4-11-6-1-2-12(7(13)14)3-5(6)8/h5-6,11H,1-4H2,(H,13,14). The Hall–Kier alpha value is -0.910. The van der Waals surface area contributed by atoms with Gasteiger partial charge in [-0.15, -0.1) is 0 Å². The molecule has 2 aliphatic rings. The molecule has 0 saturated carbocycles. The van der Waals surface area contributed by atoms with Crippen molar-refractivity contribution in [3.8, 4) is 0 Å². The van der Waals surface area contributed by atoms with Crippen LogP contribution < -0.4 is 5.32 Å². The fraction of sp³-hybridized carbons (Fsp3) is 0.875. The highest BCUT2D eigenvalue weighted by atomic mass is 19.3. The van der Waals surface area contributed by atoms with Crippen LogP contribution in [0.2, 0.25) is 0 Å². The van der Waals surface area contributed by atoms with E-state index in [4.69, 9.17) is 5.11 Å². The van der Waals surface area contributed by atoms with Gasteiger partial charge in [-0.05, 0) is 6.42 Å². The zero-order chi connectivity index (χ0) is 10.3. The van der Waals surface area contributed by atoms with E-state index < -0.39 is 17.9 Å². The van der Waals surface area contributed by atoms with E-state index in [2.05, 4.69) is 5.32 Å². The average Bonchev–Trinajstić information content (AvgIpc) is 2.42. The van der Waals surface area contributed by atoms with Crippen LogP contribution >= 0.6 is 0 Å². The molecule has 2 heterocycles. The van der Waals surface area contributed by atoms with E-state index in [-0.39, 0.29) is 19.1 Å². The number of carboxylic acid groups (broad SMARTS) is 1. The molecule has 2 unspecified atom stereocenters. The minimum atomic E-state index is -2.77. The third-order valence-corrected chi connectivity index (χ3v) is 3.03. The van der Waals surface area contributed by atoms with Crippen LogP contribution in [-0.4, -0.2) is 47.7 Å². The molecule has 1 amide bonds. The summed E-state index contributed by atoms with van der Waals surface area (Å²) in [5.41, 5.74) is 0. The zero-order valence-electron chi connectivity index (χ0n) is 7.54. The Balaban J connectivity index is 2.09. The quantitative estimate of drug-likeness (QED) is 0.610. The number of alkyl halides is 2. The second-order valence-electron chi connectivity index (χ2n) is 3.87. The van der Waals surface area contributed by atoms with Crippen LogP contribution in [0.3, 0.4) is 0 Å². The highest BCUT2D eigenvalue weighted by molar-refractivity contribution is 5.65. The number of amides is 1. The number of piperidine rings is 1. The summed E-state index contributed by atoms with van der Waals surface area (Å²) in [4.78, 5) is 11.7. The first-order valence-electron chi connectivity index (χ1n) is 4.60. The molecule has 80 valence electrons. The lowest BCUT2D eigenvalue weighted by Crippen LogP contribution is -2.49. The minimum Gasteiger partial charge on any atom is -0.465 e. The van der Waals surface area contributed by atoms with Gasteiger partial charge in [0.1, 0.15) is 0 Å². The van der Waals surface area contributed by atoms with Crippen molar-refractivity contribution in [1.29, 1.82) is 0 Å². The molecule has 14 heavy (non-hydrogen) atoms. The van der Waals surface area contributed by atoms with Crippen molar-refractivity contribution in [2.75, 3.05) is 19.6 Å². The van der Waals surface area contributed by atoms with Crippen LogP contribution in [-0.2, 0) is 0 Å². The van der Waals surface area contributed by atoms with E-state index >= 15 is 0 Å². The first kappa shape index (κ1) is 9.64. The topological polar surface area (TPSA) is 52.6 Å². The van der Waals surface area contributed by atoms with Gasteiger partial charge in [-0.1, -0.05) is 0 Å². The molecule has 0 aliphatic carbocycles. The molecule has 2 atom stereocenters. The molecule has 0 bridgehead atoms. The number of hydrogen-bond donors (Lipinski definition) is 2. The van der Waals surface area contributed by atoms with E-state index in [1.807, 2.05) is 0 Å². The molecule has 0 radical (unpaired) electrons. The molecule has 0 aromatic carbocycles. The molecular weight excluding hydrogens is 194 g/mol. The number of likely N-dealkylation sites (tertiary alicyclic amines) is 1. The molecule has 2 N–H and O–H groups in total. The molecule has 2 aliphatic heterocycles. The lowest BCUT2D eigenvalue weighted by molar-refractivity contribution is -0.0461. The maximum atomic E-state index is 13.2. The Kier molecular flexibility index (Phi) is 2.10. The summed E-state index contributed by atoms with van der Waals surface area (Å²) >= 11 is 0. The Labute approximate surface area is 79.9 Å². The SMILES string of the molecule is O=C(O)N1CCC2NCC(F)(F)C2C1. The second kappa shape index (κ2) is 3.05. The predicted octanol–water partition coefficient (Wildman–Crippen LogP) is 0.593. The molecular formula is C8H12F2N2O2. The van der Waals surface area contributed by atoms with Gasteiger partial charge in [0, 0.05) is 19.1 Å². The normalized spacial score (nSPS) is 35.4. The highest BCUT2D eigenvalue weighted by Gasteiger charge is 2.52. The van der Waals surface area contributed by atoms with E-state index in [0.29, 0.717) is 13.0 Å². The third kappa shape index (κ3) is 1.43. The number of fused-ring (bicyclic) bond motifs is 1. The first-order chi connectivity index (χ1) is 6.50. The van der Waals surface area contributed by atoms with Crippen molar-refractivity contribution in [3.63, 3.8) is 0 Å². The van der Waals surface area contributed by atoms with Crippen molar-refractivity contribution in [2.24, 2.45) is 5.92 Å². The largest absolute Gasteiger partial charge is 0.465 e. The Morgan fingerprint density at radius 2 is 2.29 bits per heavy atom. The predicted molar refractivity (Wildman–Crippen MR) is 44.4 cm³/mol. The number of nitrogens with one attached hydrogen (secondary N) is 1. The first-order valence-corrected chi connectivity index (χ1v) is 4.60. The van der Waals surface area contributed by atoms with Crippen LogP contribution in [0.15, 0.2) is 0 Å². The molecule has 2 rings (SSSR count). The van der Waals surface area contributed by atoms with Crippen LogP contribution in [0.4, 0.5) is 13.6 Å². The minimum absolute atomic E-state index is 0.0556. The van der Waals surface area contributed by atoms with Gasteiger partial charge in [0.25, 0.3) is 5.92 Å². The van der Waals surface area contributed by atoms with Crippen molar-refractivity contribution in [3.05, 3.63) is 0 Å². The molecule has 0 spiro atoms. The Morgan fingerprint density at radius 3 is 2.93 bits per heavy atom. The summed E-state index contributed by atoms with van der Waals surface area (Å²) in [5.74, 6) is -3.62. The van der Waals surface area contributed by atoms with Gasteiger partial charge in [0.2, 0.25) is 0 Å². The van der Waals surface area contributed by atoms with Crippen molar-refractivity contribution in [1.82, 2.24) is 10.2 Å². The van der Waals surface area contributed by atoms with Gasteiger partial charge < -0.3 is 15.3 Å². The molecule has 6 heteroatoms. The van der Waals surface area contributed by atoms with Crippen molar-refractivity contribution in [2.45, 2.75) is 18.4 Å². The number of nitrogens with zero attached hydrogens (tertiary/aromatic N) is 1. The maximum Gasteiger partial charge on any atom is 0.407 e. The molecule has 2 fully saturated rings. The van der Waals surface area contributed by atoms with Crippen molar-refractivity contribution < 1.29 is 18.7 Å². The Bertz CT molecular complexity index is 260. The van der Waals surface area contributed by atoms with E-state index in [9.17, 15) is 13.6 Å². The fourth-order valence-corrected chi connectivity index (χ4v) is 2.20. The summed E-state index contributed by atoms with van der Waals surface area (Å²) in [5, 5.41) is 11.4. The molecule has 2 saturated heterocycles. The van der Waals surface area contributed by atoms with Gasteiger partial charge in [0.05, 0.1) is 12.5 Å².